The van der Waals surface area contributed by atoms with E-state index in [0.717, 1.165) is 5.56 Å². The summed E-state index contributed by atoms with van der Waals surface area (Å²) in [6.45, 7) is 11.3. The molecule has 0 amide bonds. The van der Waals surface area contributed by atoms with Gasteiger partial charge in [0.25, 0.3) is 0 Å². The summed E-state index contributed by atoms with van der Waals surface area (Å²) in [7, 11) is 0. The molecule has 0 aliphatic heterocycles. The number of hydrogen-bond acceptors (Lipinski definition) is 4. The third-order valence-electron chi connectivity index (χ3n) is 2.99. The molecule has 4 heteroatoms. The smallest absolute Gasteiger partial charge is 0.333 e. The molecule has 2 N–H and O–H groups in total. The van der Waals surface area contributed by atoms with Crippen LogP contribution in [-0.4, -0.2) is 22.8 Å². The molecule has 1 aromatic carbocycles. The fourth-order valence-electron chi connectivity index (χ4n) is 1.68. The first-order chi connectivity index (χ1) is 9.12. The van der Waals surface area contributed by atoms with Crippen molar-refractivity contribution in [1.29, 1.82) is 0 Å². The topological polar surface area (TPSA) is 66.8 Å². The predicted molar refractivity (Wildman–Crippen MR) is 77.9 cm³/mol. The lowest BCUT2D eigenvalue weighted by atomic mass is 9.85. The summed E-state index contributed by atoms with van der Waals surface area (Å²) in [5.41, 5.74) is 1.66. The highest BCUT2D eigenvalue weighted by atomic mass is 16.5. The van der Waals surface area contributed by atoms with Crippen LogP contribution in [0.15, 0.2) is 24.3 Å². The van der Waals surface area contributed by atoms with Gasteiger partial charge in [-0.1, -0.05) is 33.4 Å². The fraction of sp³-hybridized carbons (Fsp3) is 0.438. The van der Waals surface area contributed by atoms with E-state index in [2.05, 4.69) is 6.58 Å². The average Bonchev–Trinajstić information content (AvgIpc) is 2.32. The van der Waals surface area contributed by atoms with E-state index in [4.69, 9.17) is 4.74 Å². The van der Waals surface area contributed by atoms with Crippen molar-refractivity contribution < 1.29 is 19.7 Å². The van der Waals surface area contributed by atoms with Gasteiger partial charge in [0, 0.05) is 17.6 Å². The van der Waals surface area contributed by atoms with Gasteiger partial charge in [0.15, 0.2) is 11.5 Å². The Kier molecular flexibility index (Phi) is 4.82. The molecule has 20 heavy (non-hydrogen) atoms. The van der Waals surface area contributed by atoms with Gasteiger partial charge in [0.05, 0.1) is 6.61 Å². The molecule has 0 aliphatic carbocycles. The molecule has 0 atom stereocenters. The van der Waals surface area contributed by atoms with Gasteiger partial charge < -0.3 is 14.9 Å². The van der Waals surface area contributed by atoms with Crippen molar-refractivity contribution in [1.82, 2.24) is 0 Å². The summed E-state index contributed by atoms with van der Waals surface area (Å²) >= 11 is 0. The van der Waals surface area contributed by atoms with Crippen molar-refractivity contribution in [2.24, 2.45) is 0 Å². The van der Waals surface area contributed by atoms with Gasteiger partial charge in [-0.15, -0.1) is 0 Å². The molecule has 110 valence electrons. The maximum absolute atomic E-state index is 11.3. The fourth-order valence-corrected chi connectivity index (χ4v) is 1.68. The van der Waals surface area contributed by atoms with Gasteiger partial charge in [0.1, 0.15) is 0 Å². The molecule has 0 fully saturated rings. The van der Waals surface area contributed by atoms with E-state index in [0.29, 0.717) is 17.6 Å². The van der Waals surface area contributed by atoms with Crippen LogP contribution >= 0.6 is 0 Å². The number of hydrogen-bond donors (Lipinski definition) is 2. The first-order valence-corrected chi connectivity index (χ1v) is 6.51. The lowest BCUT2D eigenvalue weighted by Gasteiger charge is -2.21. The molecule has 1 aromatic rings. The molecule has 0 aliphatic rings. The SMILES string of the molecule is C=C(C)C(=O)OCCc1cc(C(C)(C)C)cc(O)c1O. The third kappa shape index (κ3) is 4.02. The van der Waals surface area contributed by atoms with Gasteiger partial charge >= 0.3 is 5.97 Å². The highest BCUT2D eigenvalue weighted by Gasteiger charge is 2.18. The zero-order valence-corrected chi connectivity index (χ0v) is 12.5. The number of aromatic hydroxyl groups is 2. The minimum atomic E-state index is -0.458. The normalized spacial score (nSPS) is 11.2. The number of phenols is 2. The highest BCUT2D eigenvalue weighted by Crippen LogP contribution is 2.35. The van der Waals surface area contributed by atoms with Crippen molar-refractivity contribution in [3.8, 4) is 11.5 Å². The van der Waals surface area contributed by atoms with Crippen LogP contribution in [0.3, 0.4) is 0 Å². The van der Waals surface area contributed by atoms with Gasteiger partial charge in [-0.2, -0.15) is 0 Å². The molecule has 4 nitrogen and oxygen atoms in total. The second-order valence-corrected chi connectivity index (χ2v) is 5.92. The van der Waals surface area contributed by atoms with Crippen LogP contribution in [0.4, 0.5) is 0 Å². The number of benzene rings is 1. The van der Waals surface area contributed by atoms with Crippen LogP contribution in [0.1, 0.15) is 38.8 Å². The van der Waals surface area contributed by atoms with Crippen molar-refractivity contribution in [3.63, 3.8) is 0 Å². The number of phenolic OH excluding ortho intramolecular Hbond substituents is 2. The minimum Gasteiger partial charge on any atom is -0.504 e. The van der Waals surface area contributed by atoms with E-state index >= 15 is 0 Å². The average molecular weight is 278 g/mol. The quantitative estimate of drug-likeness (QED) is 0.504. The van der Waals surface area contributed by atoms with Crippen LogP contribution < -0.4 is 0 Å². The Hall–Kier alpha value is -1.97. The maximum atomic E-state index is 11.3. The summed E-state index contributed by atoms with van der Waals surface area (Å²) in [6.07, 6.45) is 0.336. The zero-order chi connectivity index (χ0) is 15.5. The number of ether oxygens (including phenoxy) is 1. The van der Waals surface area contributed by atoms with E-state index in [9.17, 15) is 15.0 Å². The molecular formula is C16H22O4. The molecule has 0 aromatic heterocycles. The molecule has 0 saturated carbocycles. The Morgan fingerprint density at radius 3 is 2.40 bits per heavy atom. The standard InChI is InChI=1S/C16H22O4/c1-10(2)15(19)20-7-6-11-8-12(16(3,4)5)9-13(17)14(11)18/h8-9,17-18H,1,6-7H2,2-5H3. The van der Waals surface area contributed by atoms with Gasteiger partial charge in [0.2, 0.25) is 0 Å². The Morgan fingerprint density at radius 2 is 1.90 bits per heavy atom. The summed E-state index contributed by atoms with van der Waals surface area (Å²) < 4.78 is 5.00. The van der Waals surface area contributed by atoms with E-state index in [1.807, 2.05) is 26.8 Å². The molecule has 1 rings (SSSR count). The zero-order valence-electron chi connectivity index (χ0n) is 12.5. The lowest BCUT2D eigenvalue weighted by Crippen LogP contribution is -2.12. The van der Waals surface area contributed by atoms with E-state index in [-0.39, 0.29) is 23.5 Å². The first-order valence-electron chi connectivity index (χ1n) is 6.51. The van der Waals surface area contributed by atoms with Crippen molar-refractivity contribution in [2.45, 2.75) is 39.5 Å². The second kappa shape index (κ2) is 5.99. The number of esters is 1. The second-order valence-electron chi connectivity index (χ2n) is 5.92. The minimum absolute atomic E-state index is 0.131. The van der Waals surface area contributed by atoms with E-state index in [1.54, 1.807) is 13.0 Å². The molecule has 0 heterocycles. The van der Waals surface area contributed by atoms with Crippen LogP contribution in [-0.2, 0) is 21.4 Å². The number of carbonyl (C=O) groups is 1. The van der Waals surface area contributed by atoms with Crippen LogP contribution in [0.25, 0.3) is 0 Å². The van der Waals surface area contributed by atoms with Crippen molar-refractivity contribution in [3.05, 3.63) is 35.4 Å². The summed E-state index contributed by atoms with van der Waals surface area (Å²) in [6, 6.07) is 3.38. The monoisotopic (exact) mass is 278 g/mol. The Morgan fingerprint density at radius 1 is 1.30 bits per heavy atom. The molecule has 0 saturated heterocycles. The maximum Gasteiger partial charge on any atom is 0.333 e. The molecule has 0 spiro atoms. The first kappa shape index (κ1) is 16.1. The van der Waals surface area contributed by atoms with Crippen molar-refractivity contribution in [2.75, 3.05) is 6.61 Å². The Labute approximate surface area is 119 Å². The number of rotatable bonds is 4. The van der Waals surface area contributed by atoms with Crippen LogP contribution in [0.2, 0.25) is 0 Å². The van der Waals surface area contributed by atoms with E-state index in [1.165, 1.54) is 0 Å². The largest absolute Gasteiger partial charge is 0.504 e. The van der Waals surface area contributed by atoms with Gasteiger partial charge in [-0.25, -0.2) is 4.79 Å². The van der Waals surface area contributed by atoms with Gasteiger partial charge in [-0.05, 0) is 24.0 Å². The Bertz CT molecular complexity index is 524. The molecule has 0 radical (unpaired) electrons. The van der Waals surface area contributed by atoms with Gasteiger partial charge in [-0.3, -0.25) is 0 Å². The van der Waals surface area contributed by atoms with Crippen LogP contribution in [0.5, 0.6) is 11.5 Å². The third-order valence-corrected chi connectivity index (χ3v) is 2.99. The Balaban J connectivity index is 2.87. The highest BCUT2D eigenvalue weighted by molar-refractivity contribution is 5.86. The molecule has 0 unspecified atom stereocenters. The van der Waals surface area contributed by atoms with Crippen molar-refractivity contribution >= 4 is 5.97 Å². The molecule has 0 bridgehead atoms. The summed E-state index contributed by atoms with van der Waals surface area (Å²) in [5.74, 6) is -0.774. The predicted octanol–water partition coefficient (Wildman–Crippen LogP) is 3.06. The summed E-state index contributed by atoms with van der Waals surface area (Å²) in [4.78, 5) is 11.3. The lowest BCUT2D eigenvalue weighted by molar-refractivity contribution is -0.138. The molecular weight excluding hydrogens is 256 g/mol. The van der Waals surface area contributed by atoms with Crippen LogP contribution in [0, 0.1) is 0 Å². The summed E-state index contributed by atoms with van der Waals surface area (Å²) in [5, 5.41) is 19.6. The number of carbonyl (C=O) groups excluding carboxylic acids is 1. The van der Waals surface area contributed by atoms with E-state index < -0.39 is 5.97 Å².